The topological polar surface area (TPSA) is 77.1 Å². The van der Waals surface area contributed by atoms with Crippen LogP contribution in [0.3, 0.4) is 0 Å². The number of thiocarbonyl (C=S) groups is 1. The molecule has 192 valence electrons. The minimum absolute atomic E-state index is 0.00818. The number of rotatable bonds is 11. The Kier molecular flexibility index (Phi) is 12.4. The molecule has 1 aromatic carbocycles. The highest BCUT2D eigenvalue weighted by molar-refractivity contribution is 7.80. The van der Waals surface area contributed by atoms with Crippen molar-refractivity contribution in [2.24, 2.45) is 0 Å². The average Bonchev–Trinajstić information content (AvgIpc) is 2.69. The van der Waals surface area contributed by atoms with Gasteiger partial charge in [0.1, 0.15) is 23.0 Å². The molecule has 10 heteroatoms. The van der Waals surface area contributed by atoms with Gasteiger partial charge in [-0.25, -0.2) is 4.79 Å². The van der Waals surface area contributed by atoms with E-state index in [0.29, 0.717) is 30.6 Å². The van der Waals surface area contributed by atoms with Crippen molar-refractivity contribution in [3.05, 3.63) is 24.3 Å². The Bertz CT molecular complexity index is 801. The van der Waals surface area contributed by atoms with Crippen LogP contribution in [0, 0.1) is 0 Å². The Morgan fingerprint density at radius 3 is 1.97 bits per heavy atom. The lowest BCUT2D eigenvalue weighted by Crippen LogP contribution is -2.45. The number of nitrogens with zero attached hydrogens (tertiary/aromatic N) is 1. The fourth-order valence-corrected chi connectivity index (χ4v) is 3.50. The summed E-state index contributed by atoms with van der Waals surface area (Å²) in [6.07, 6.45) is 0.153. The first-order chi connectivity index (χ1) is 15.7. The zero-order valence-corrected chi connectivity index (χ0v) is 23.1. The molecule has 0 saturated carbocycles. The minimum Gasteiger partial charge on any atom is -0.460 e. The molecule has 1 N–H and O–H groups in total. The molecular weight excluding hydrogens is 499 g/mol. The summed E-state index contributed by atoms with van der Waals surface area (Å²) in [5.41, 5.74) is -0.352. The van der Waals surface area contributed by atoms with Crippen molar-refractivity contribution in [1.29, 1.82) is 0 Å². The quantitative estimate of drug-likeness (QED) is 0.240. The Morgan fingerprint density at radius 2 is 1.50 bits per heavy atom. The molecule has 0 aliphatic carbocycles. The Balaban J connectivity index is 2.82. The number of halogens is 2. The molecular formula is C24H36Cl2N2O5S. The number of benzene rings is 1. The van der Waals surface area contributed by atoms with Gasteiger partial charge in [-0.15, -0.1) is 23.2 Å². The van der Waals surface area contributed by atoms with Gasteiger partial charge in [0.05, 0.1) is 0 Å². The van der Waals surface area contributed by atoms with E-state index in [-0.39, 0.29) is 18.0 Å². The van der Waals surface area contributed by atoms with E-state index >= 15 is 0 Å². The van der Waals surface area contributed by atoms with Crippen LogP contribution in [0.1, 0.15) is 54.4 Å². The summed E-state index contributed by atoms with van der Waals surface area (Å²) < 4.78 is 16.5. The van der Waals surface area contributed by atoms with E-state index in [4.69, 9.17) is 49.6 Å². The van der Waals surface area contributed by atoms with Gasteiger partial charge < -0.3 is 24.4 Å². The maximum Gasteiger partial charge on any atom is 0.329 e. The third-order valence-electron chi connectivity index (χ3n) is 4.16. The van der Waals surface area contributed by atoms with Crippen LogP contribution in [0.4, 0.5) is 5.69 Å². The molecule has 0 aliphatic heterocycles. The second kappa shape index (κ2) is 14.0. The van der Waals surface area contributed by atoms with Gasteiger partial charge >= 0.3 is 11.9 Å². The summed E-state index contributed by atoms with van der Waals surface area (Å²) in [6, 6.07) is 6.42. The minimum atomic E-state index is -0.874. The zero-order chi connectivity index (χ0) is 25.9. The van der Waals surface area contributed by atoms with Crippen LogP contribution in [0.15, 0.2) is 24.3 Å². The van der Waals surface area contributed by atoms with Crippen LogP contribution in [-0.4, -0.2) is 59.2 Å². The molecule has 0 radical (unpaired) electrons. The van der Waals surface area contributed by atoms with Crippen LogP contribution in [0.5, 0.6) is 5.75 Å². The van der Waals surface area contributed by atoms with Crippen LogP contribution in [-0.2, 0) is 19.1 Å². The lowest BCUT2D eigenvalue weighted by atomic mass is 10.1. The summed E-state index contributed by atoms with van der Waals surface area (Å²) in [6.45, 7) is 12.0. The van der Waals surface area contributed by atoms with Crippen molar-refractivity contribution < 1.29 is 23.8 Å². The molecule has 0 saturated heterocycles. The van der Waals surface area contributed by atoms with Crippen molar-refractivity contribution in [1.82, 2.24) is 5.32 Å². The monoisotopic (exact) mass is 534 g/mol. The zero-order valence-electron chi connectivity index (χ0n) is 20.8. The van der Waals surface area contributed by atoms with Crippen LogP contribution in [0.2, 0.25) is 0 Å². The first-order valence-electron chi connectivity index (χ1n) is 11.1. The smallest absolute Gasteiger partial charge is 0.329 e. The van der Waals surface area contributed by atoms with Gasteiger partial charge in [0.15, 0.2) is 0 Å². The third-order valence-corrected chi connectivity index (χ3v) is 4.70. The highest BCUT2D eigenvalue weighted by Gasteiger charge is 2.28. The van der Waals surface area contributed by atoms with Gasteiger partial charge in [0, 0.05) is 37.0 Å². The fraction of sp³-hybridized carbons (Fsp3) is 0.625. The van der Waals surface area contributed by atoms with Crippen LogP contribution < -0.4 is 15.0 Å². The predicted molar refractivity (Wildman–Crippen MR) is 141 cm³/mol. The van der Waals surface area contributed by atoms with Gasteiger partial charge in [-0.2, -0.15) is 0 Å². The van der Waals surface area contributed by atoms with E-state index in [1.54, 1.807) is 53.7 Å². The highest BCUT2D eigenvalue weighted by atomic mass is 35.5. The van der Waals surface area contributed by atoms with Crippen molar-refractivity contribution in [2.45, 2.75) is 71.6 Å². The van der Waals surface area contributed by atoms with E-state index in [0.717, 1.165) is 5.69 Å². The highest BCUT2D eigenvalue weighted by Crippen LogP contribution is 2.20. The van der Waals surface area contributed by atoms with Crippen LogP contribution in [0.25, 0.3) is 0 Å². The molecule has 0 spiro atoms. The molecule has 1 atom stereocenters. The molecule has 0 heterocycles. The number of esters is 2. The number of carbonyl (C=O) groups is 2. The van der Waals surface area contributed by atoms with Gasteiger partial charge in [-0.05, 0) is 84.4 Å². The Hall–Kier alpha value is -1.77. The first-order valence-corrected chi connectivity index (χ1v) is 12.6. The standard InChI is InChI=1S/C24H36Cl2N2O5S/c1-23(2,3)32-20(29)12-11-19(21(30)33-24(4,5)6)27-22(34)31-18-9-7-17(8-10-18)28(15-13-25)16-14-26/h7-10,19H,11-16H2,1-6H3,(H,27,34)/t19-/m0/s1. The van der Waals surface area contributed by atoms with E-state index in [1.165, 1.54) is 0 Å². The van der Waals surface area contributed by atoms with E-state index in [2.05, 4.69) is 10.2 Å². The number of carbonyl (C=O) groups excluding carboxylic acids is 2. The maximum absolute atomic E-state index is 12.7. The number of alkyl halides is 2. The predicted octanol–water partition coefficient (Wildman–Crippen LogP) is 5.06. The van der Waals surface area contributed by atoms with E-state index in [9.17, 15) is 9.59 Å². The summed E-state index contributed by atoms with van der Waals surface area (Å²) in [5, 5.41) is 2.86. The number of nitrogens with one attached hydrogen (secondary N) is 1. The number of hydrogen-bond donors (Lipinski definition) is 1. The molecule has 0 aliphatic rings. The molecule has 0 bridgehead atoms. The average molecular weight is 536 g/mol. The normalized spacial score (nSPS) is 12.5. The van der Waals surface area contributed by atoms with Gasteiger partial charge in [0.25, 0.3) is 5.17 Å². The Morgan fingerprint density at radius 1 is 0.971 bits per heavy atom. The summed E-state index contributed by atoms with van der Waals surface area (Å²) in [4.78, 5) is 26.9. The molecule has 0 amide bonds. The molecule has 34 heavy (non-hydrogen) atoms. The fourth-order valence-electron chi connectivity index (χ4n) is 2.85. The molecule has 0 fully saturated rings. The number of hydrogen-bond acceptors (Lipinski definition) is 7. The summed E-state index contributed by atoms with van der Waals surface area (Å²) in [5.74, 6) is 0.517. The number of anilines is 1. The van der Waals surface area contributed by atoms with Crippen molar-refractivity contribution >= 4 is 58.2 Å². The van der Waals surface area contributed by atoms with Crippen molar-refractivity contribution in [3.8, 4) is 5.75 Å². The lowest BCUT2D eigenvalue weighted by Gasteiger charge is -2.26. The second-order valence-corrected chi connectivity index (χ2v) is 10.7. The van der Waals surface area contributed by atoms with Gasteiger partial charge in [-0.3, -0.25) is 4.79 Å². The van der Waals surface area contributed by atoms with Crippen molar-refractivity contribution in [3.63, 3.8) is 0 Å². The van der Waals surface area contributed by atoms with Crippen LogP contribution >= 0.6 is 35.4 Å². The summed E-state index contributed by atoms with van der Waals surface area (Å²) >= 11 is 17.0. The molecule has 0 aromatic heterocycles. The SMILES string of the molecule is CC(C)(C)OC(=O)CC[C@H](NC(=S)Oc1ccc(N(CCCl)CCCl)cc1)C(=O)OC(C)(C)C. The maximum atomic E-state index is 12.7. The molecule has 1 rings (SSSR count). The van der Waals surface area contributed by atoms with E-state index in [1.807, 2.05) is 12.1 Å². The third kappa shape index (κ3) is 12.6. The lowest BCUT2D eigenvalue weighted by molar-refractivity contribution is -0.158. The Labute approximate surface area is 218 Å². The van der Waals surface area contributed by atoms with Crippen molar-refractivity contribution in [2.75, 3.05) is 29.7 Å². The first kappa shape index (κ1) is 30.3. The number of ether oxygens (including phenoxy) is 3. The second-order valence-electron chi connectivity index (χ2n) is 9.60. The molecule has 1 aromatic rings. The molecule has 7 nitrogen and oxygen atoms in total. The summed E-state index contributed by atoms with van der Waals surface area (Å²) in [7, 11) is 0. The van der Waals surface area contributed by atoms with Gasteiger partial charge in [-0.1, -0.05) is 0 Å². The van der Waals surface area contributed by atoms with E-state index < -0.39 is 29.2 Å². The molecule has 0 unspecified atom stereocenters. The van der Waals surface area contributed by atoms with Gasteiger partial charge in [0.2, 0.25) is 0 Å². The largest absolute Gasteiger partial charge is 0.460 e.